The van der Waals surface area contributed by atoms with E-state index in [9.17, 15) is 4.79 Å². The first kappa shape index (κ1) is 8.89. The maximum Gasteiger partial charge on any atom is 0.358 e. The zero-order valence-corrected chi connectivity index (χ0v) is 8.04. The quantitative estimate of drug-likeness (QED) is 0.817. The van der Waals surface area contributed by atoms with Crippen molar-refractivity contribution in [3.8, 4) is 10.6 Å². The van der Waals surface area contributed by atoms with E-state index < -0.39 is 5.97 Å². The van der Waals surface area contributed by atoms with E-state index in [4.69, 9.17) is 9.52 Å². The number of oxazole rings is 1. The SMILES string of the molecule is Cc1ncsc1-c1ocnc1C(=O)O. The number of aromatic carboxylic acids is 1. The van der Waals surface area contributed by atoms with Crippen LogP contribution in [0.15, 0.2) is 16.3 Å². The molecule has 6 heteroatoms. The number of nitrogens with zero attached hydrogens (tertiary/aromatic N) is 2. The molecule has 14 heavy (non-hydrogen) atoms. The summed E-state index contributed by atoms with van der Waals surface area (Å²) in [5.41, 5.74) is 2.31. The summed E-state index contributed by atoms with van der Waals surface area (Å²) in [7, 11) is 0. The number of carbonyl (C=O) groups is 1. The van der Waals surface area contributed by atoms with Crippen LogP contribution in [0.3, 0.4) is 0 Å². The van der Waals surface area contributed by atoms with Crippen LogP contribution in [0.1, 0.15) is 16.2 Å². The Morgan fingerprint density at radius 1 is 1.57 bits per heavy atom. The van der Waals surface area contributed by atoms with Crippen LogP contribution in [0.2, 0.25) is 0 Å². The second-order valence-corrected chi connectivity index (χ2v) is 3.46. The van der Waals surface area contributed by atoms with Gasteiger partial charge in [-0.3, -0.25) is 0 Å². The molecule has 0 aromatic carbocycles. The van der Waals surface area contributed by atoms with Crippen molar-refractivity contribution in [3.05, 3.63) is 23.3 Å². The van der Waals surface area contributed by atoms with E-state index in [2.05, 4.69) is 9.97 Å². The highest BCUT2D eigenvalue weighted by Gasteiger charge is 2.19. The van der Waals surface area contributed by atoms with Gasteiger partial charge in [-0.2, -0.15) is 0 Å². The summed E-state index contributed by atoms with van der Waals surface area (Å²) in [4.78, 5) is 19.1. The maximum atomic E-state index is 10.8. The highest BCUT2D eigenvalue weighted by molar-refractivity contribution is 7.13. The van der Waals surface area contributed by atoms with E-state index >= 15 is 0 Å². The first-order valence-electron chi connectivity index (χ1n) is 3.77. The molecule has 0 spiro atoms. The van der Waals surface area contributed by atoms with Gasteiger partial charge in [-0.25, -0.2) is 14.8 Å². The summed E-state index contributed by atoms with van der Waals surface area (Å²) >= 11 is 1.33. The predicted octanol–water partition coefficient (Wildman–Crippen LogP) is 1.80. The number of aromatic nitrogens is 2. The fourth-order valence-electron chi connectivity index (χ4n) is 1.08. The molecule has 0 saturated heterocycles. The minimum Gasteiger partial charge on any atom is -0.476 e. The Kier molecular flexibility index (Phi) is 2.05. The first-order valence-corrected chi connectivity index (χ1v) is 4.65. The molecule has 0 aliphatic carbocycles. The monoisotopic (exact) mass is 210 g/mol. The van der Waals surface area contributed by atoms with Gasteiger partial charge in [0.2, 0.25) is 0 Å². The molecule has 2 aromatic rings. The van der Waals surface area contributed by atoms with E-state index in [-0.39, 0.29) is 11.5 Å². The van der Waals surface area contributed by atoms with Crippen LogP contribution in [0, 0.1) is 6.92 Å². The fourth-order valence-corrected chi connectivity index (χ4v) is 1.87. The van der Waals surface area contributed by atoms with Crippen molar-refractivity contribution >= 4 is 17.3 Å². The number of thiazole rings is 1. The lowest BCUT2D eigenvalue weighted by molar-refractivity contribution is 0.0691. The summed E-state index contributed by atoms with van der Waals surface area (Å²) in [6.45, 7) is 1.79. The number of carboxylic acids is 1. The van der Waals surface area contributed by atoms with E-state index in [1.54, 1.807) is 12.4 Å². The van der Waals surface area contributed by atoms with Gasteiger partial charge in [-0.15, -0.1) is 11.3 Å². The molecule has 0 aliphatic rings. The van der Waals surface area contributed by atoms with Crippen LogP contribution in [-0.2, 0) is 0 Å². The standard InChI is InChI=1S/C8H6N2O3S/c1-4-7(14-3-10-4)6-5(8(11)12)9-2-13-6/h2-3H,1H3,(H,11,12). The Morgan fingerprint density at radius 3 is 2.93 bits per heavy atom. The molecule has 5 nitrogen and oxygen atoms in total. The van der Waals surface area contributed by atoms with Crippen molar-refractivity contribution in [1.82, 2.24) is 9.97 Å². The van der Waals surface area contributed by atoms with E-state index in [1.165, 1.54) is 11.3 Å². The van der Waals surface area contributed by atoms with Crippen molar-refractivity contribution in [2.75, 3.05) is 0 Å². The van der Waals surface area contributed by atoms with Crippen molar-refractivity contribution in [3.63, 3.8) is 0 Å². The third-order valence-electron chi connectivity index (χ3n) is 1.72. The van der Waals surface area contributed by atoms with Crippen LogP contribution in [0.5, 0.6) is 0 Å². The van der Waals surface area contributed by atoms with Crippen molar-refractivity contribution in [2.45, 2.75) is 6.92 Å². The van der Waals surface area contributed by atoms with Crippen molar-refractivity contribution in [2.24, 2.45) is 0 Å². The lowest BCUT2D eigenvalue weighted by Gasteiger charge is -1.93. The molecule has 0 aliphatic heterocycles. The number of hydrogen-bond acceptors (Lipinski definition) is 5. The van der Waals surface area contributed by atoms with Gasteiger partial charge in [-0.1, -0.05) is 0 Å². The molecule has 2 rings (SSSR count). The number of carboxylic acid groups (broad SMARTS) is 1. The van der Waals surface area contributed by atoms with Gasteiger partial charge in [0, 0.05) is 0 Å². The van der Waals surface area contributed by atoms with Crippen LogP contribution < -0.4 is 0 Å². The van der Waals surface area contributed by atoms with Gasteiger partial charge in [-0.05, 0) is 6.92 Å². The molecule has 2 aromatic heterocycles. The van der Waals surface area contributed by atoms with Crippen LogP contribution >= 0.6 is 11.3 Å². The van der Waals surface area contributed by atoms with Crippen LogP contribution in [0.25, 0.3) is 10.6 Å². The van der Waals surface area contributed by atoms with E-state index in [0.717, 1.165) is 12.1 Å². The highest BCUT2D eigenvalue weighted by Crippen LogP contribution is 2.29. The fraction of sp³-hybridized carbons (Fsp3) is 0.125. The Hall–Kier alpha value is -1.69. The lowest BCUT2D eigenvalue weighted by atomic mass is 10.2. The van der Waals surface area contributed by atoms with Crippen LogP contribution in [-0.4, -0.2) is 21.0 Å². The molecule has 0 atom stereocenters. The molecular weight excluding hydrogens is 204 g/mol. The molecule has 0 bridgehead atoms. The second-order valence-electron chi connectivity index (χ2n) is 2.60. The molecule has 2 heterocycles. The normalized spacial score (nSPS) is 10.4. The third-order valence-corrected chi connectivity index (χ3v) is 2.65. The number of aryl methyl sites for hydroxylation is 1. The van der Waals surface area contributed by atoms with Crippen molar-refractivity contribution < 1.29 is 14.3 Å². The largest absolute Gasteiger partial charge is 0.476 e. The highest BCUT2D eigenvalue weighted by atomic mass is 32.1. The number of hydrogen-bond donors (Lipinski definition) is 1. The summed E-state index contributed by atoms with van der Waals surface area (Å²) < 4.78 is 5.03. The Bertz CT molecular complexity index is 474. The third kappa shape index (κ3) is 1.29. The van der Waals surface area contributed by atoms with Crippen LogP contribution in [0.4, 0.5) is 0 Å². The molecule has 0 amide bonds. The summed E-state index contributed by atoms with van der Waals surface area (Å²) in [5.74, 6) is -0.820. The Morgan fingerprint density at radius 2 is 2.36 bits per heavy atom. The second kappa shape index (κ2) is 3.22. The minimum absolute atomic E-state index is 0.0719. The van der Waals surface area contributed by atoms with Gasteiger partial charge in [0.15, 0.2) is 17.8 Å². The Labute approximate surface area is 83.0 Å². The maximum absolute atomic E-state index is 10.8. The predicted molar refractivity (Wildman–Crippen MR) is 49.3 cm³/mol. The molecule has 0 radical (unpaired) electrons. The van der Waals surface area contributed by atoms with Gasteiger partial charge >= 0.3 is 5.97 Å². The van der Waals surface area contributed by atoms with E-state index in [0.29, 0.717) is 4.88 Å². The average molecular weight is 210 g/mol. The molecule has 0 unspecified atom stereocenters. The Balaban J connectivity index is 2.57. The molecular formula is C8H6N2O3S. The minimum atomic E-state index is -1.10. The zero-order valence-electron chi connectivity index (χ0n) is 7.22. The smallest absolute Gasteiger partial charge is 0.358 e. The molecule has 72 valence electrons. The van der Waals surface area contributed by atoms with Crippen molar-refractivity contribution in [1.29, 1.82) is 0 Å². The molecule has 0 saturated carbocycles. The molecule has 0 fully saturated rings. The molecule has 1 N–H and O–H groups in total. The summed E-state index contributed by atoms with van der Waals surface area (Å²) in [6.07, 6.45) is 1.12. The van der Waals surface area contributed by atoms with Gasteiger partial charge in [0.25, 0.3) is 0 Å². The topological polar surface area (TPSA) is 76.2 Å². The van der Waals surface area contributed by atoms with Gasteiger partial charge in [0.05, 0.1) is 16.1 Å². The summed E-state index contributed by atoms with van der Waals surface area (Å²) in [5, 5.41) is 8.81. The zero-order chi connectivity index (χ0) is 10.1. The summed E-state index contributed by atoms with van der Waals surface area (Å²) in [6, 6.07) is 0. The van der Waals surface area contributed by atoms with E-state index in [1.807, 2.05) is 0 Å². The van der Waals surface area contributed by atoms with Gasteiger partial charge in [0.1, 0.15) is 0 Å². The average Bonchev–Trinajstić information content (AvgIpc) is 2.70. The number of rotatable bonds is 2. The first-order chi connectivity index (χ1) is 6.70. The lowest BCUT2D eigenvalue weighted by Crippen LogP contribution is -1.98. The van der Waals surface area contributed by atoms with Gasteiger partial charge < -0.3 is 9.52 Å².